The molecule has 0 saturated carbocycles. The van der Waals surface area contributed by atoms with E-state index in [0.717, 1.165) is 0 Å². The summed E-state index contributed by atoms with van der Waals surface area (Å²) in [7, 11) is 0. The number of carbonyl (C=O) groups is 2. The predicted octanol–water partition coefficient (Wildman–Crippen LogP) is 1.36. The standard InChI is InChI=1S/C19H23F2N3O3/c1-13(25)22-12-15-11-16(19(26)27-15)14-2-3-18(17(21)10-14)24-8-6-23(5-4-20)7-9-24/h2-3,10-11,15H,4-9,12H2,1H3,(H,22,25)/t15-/m1/s1. The SMILES string of the molecule is CC(=O)NC[C@H]1C=C(c2ccc(N3CCN(CCF)CC3)c(F)c2)C(=O)O1. The minimum absolute atomic E-state index is 0.189. The Kier molecular flexibility index (Phi) is 6.05. The first-order valence-electron chi connectivity index (χ1n) is 8.98. The molecule has 0 radical (unpaired) electrons. The van der Waals surface area contributed by atoms with Crippen molar-refractivity contribution in [3.8, 4) is 0 Å². The molecule has 8 heteroatoms. The molecule has 0 aliphatic carbocycles. The Bertz CT molecular complexity index is 746. The second-order valence-electron chi connectivity index (χ2n) is 6.65. The molecule has 1 atom stereocenters. The van der Waals surface area contributed by atoms with Crippen LogP contribution in [0.5, 0.6) is 0 Å². The van der Waals surface area contributed by atoms with E-state index < -0.39 is 17.9 Å². The molecule has 6 nitrogen and oxygen atoms in total. The first kappa shape index (κ1) is 19.3. The molecule has 27 heavy (non-hydrogen) atoms. The quantitative estimate of drug-likeness (QED) is 0.757. The Morgan fingerprint density at radius 1 is 1.30 bits per heavy atom. The molecule has 146 valence electrons. The van der Waals surface area contributed by atoms with E-state index in [-0.39, 0.29) is 19.1 Å². The van der Waals surface area contributed by atoms with Gasteiger partial charge in [0.05, 0.1) is 17.8 Å². The highest BCUT2D eigenvalue weighted by Crippen LogP contribution is 2.28. The number of piperazine rings is 1. The monoisotopic (exact) mass is 379 g/mol. The highest BCUT2D eigenvalue weighted by atomic mass is 19.1. The van der Waals surface area contributed by atoms with Gasteiger partial charge in [-0.3, -0.25) is 9.69 Å². The number of hydrogen-bond donors (Lipinski definition) is 1. The van der Waals surface area contributed by atoms with E-state index in [1.54, 1.807) is 18.2 Å². The number of alkyl halides is 1. The largest absolute Gasteiger partial charge is 0.453 e. The van der Waals surface area contributed by atoms with Crippen molar-refractivity contribution in [3.63, 3.8) is 0 Å². The van der Waals surface area contributed by atoms with Crippen LogP contribution in [0.25, 0.3) is 5.57 Å². The number of amides is 1. The van der Waals surface area contributed by atoms with E-state index in [2.05, 4.69) is 5.32 Å². The Hall–Kier alpha value is -2.48. The maximum Gasteiger partial charge on any atom is 0.339 e. The summed E-state index contributed by atoms with van der Waals surface area (Å²) < 4.78 is 32.3. The highest BCUT2D eigenvalue weighted by Gasteiger charge is 2.28. The number of benzene rings is 1. The van der Waals surface area contributed by atoms with Crippen molar-refractivity contribution in [1.29, 1.82) is 0 Å². The molecule has 1 amide bonds. The maximum atomic E-state index is 14.7. The summed E-state index contributed by atoms with van der Waals surface area (Å²) in [5.74, 6) is -1.15. The fraction of sp³-hybridized carbons (Fsp3) is 0.474. The van der Waals surface area contributed by atoms with Gasteiger partial charge in [-0.25, -0.2) is 13.6 Å². The summed E-state index contributed by atoms with van der Waals surface area (Å²) in [6, 6.07) is 4.68. The molecule has 0 unspecified atom stereocenters. The van der Waals surface area contributed by atoms with Gasteiger partial charge in [0.25, 0.3) is 0 Å². The van der Waals surface area contributed by atoms with Crippen molar-refractivity contribution < 1.29 is 23.1 Å². The Labute approximate surface area is 156 Å². The van der Waals surface area contributed by atoms with Crippen molar-refractivity contribution in [1.82, 2.24) is 10.2 Å². The maximum absolute atomic E-state index is 14.7. The van der Waals surface area contributed by atoms with Crippen molar-refractivity contribution in [2.75, 3.05) is 50.8 Å². The van der Waals surface area contributed by atoms with Gasteiger partial charge in [0.1, 0.15) is 18.6 Å². The first-order chi connectivity index (χ1) is 13.0. The number of cyclic esters (lactones) is 1. The number of carbonyl (C=O) groups excluding carboxylic acids is 2. The van der Waals surface area contributed by atoms with Crippen LogP contribution in [0.15, 0.2) is 24.3 Å². The van der Waals surface area contributed by atoms with Crippen LogP contribution in [0.3, 0.4) is 0 Å². The van der Waals surface area contributed by atoms with E-state index >= 15 is 0 Å². The number of anilines is 1. The van der Waals surface area contributed by atoms with Crippen molar-refractivity contribution in [3.05, 3.63) is 35.7 Å². The summed E-state index contributed by atoms with van der Waals surface area (Å²) in [4.78, 5) is 27.0. The van der Waals surface area contributed by atoms with Crippen molar-refractivity contribution >= 4 is 23.1 Å². The summed E-state index contributed by atoms with van der Waals surface area (Å²) in [5.41, 5.74) is 1.21. The summed E-state index contributed by atoms with van der Waals surface area (Å²) in [6.07, 6.45) is 1.05. The molecule has 2 heterocycles. The van der Waals surface area contributed by atoms with Gasteiger partial charge in [-0.2, -0.15) is 0 Å². The van der Waals surface area contributed by atoms with Crippen LogP contribution in [-0.2, 0) is 14.3 Å². The van der Waals surface area contributed by atoms with E-state index in [0.29, 0.717) is 49.5 Å². The van der Waals surface area contributed by atoms with Crippen LogP contribution in [0.2, 0.25) is 0 Å². The Morgan fingerprint density at radius 2 is 2.04 bits per heavy atom. The van der Waals surface area contributed by atoms with Crippen LogP contribution < -0.4 is 10.2 Å². The predicted molar refractivity (Wildman–Crippen MR) is 97.6 cm³/mol. The third-order valence-electron chi connectivity index (χ3n) is 4.76. The fourth-order valence-electron chi connectivity index (χ4n) is 3.31. The number of rotatable bonds is 6. The first-order valence-corrected chi connectivity index (χ1v) is 8.98. The van der Waals surface area contributed by atoms with Crippen LogP contribution in [0.1, 0.15) is 12.5 Å². The van der Waals surface area contributed by atoms with Gasteiger partial charge in [-0.05, 0) is 23.8 Å². The van der Waals surface area contributed by atoms with Crippen molar-refractivity contribution in [2.45, 2.75) is 13.0 Å². The second kappa shape index (κ2) is 8.47. The molecule has 2 aliphatic rings. The zero-order valence-corrected chi connectivity index (χ0v) is 15.2. The summed E-state index contributed by atoms with van der Waals surface area (Å²) >= 11 is 0. The molecule has 1 aromatic carbocycles. The smallest absolute Gasteiger partial charge is 0.339 e. The van der Waals surface area contributed by atoms with Gasteiger partial charge >= 0.3 is 5.97 Å². The normalized spacial score (nSPS) is 20.4. The van der Waals surface area contributed by atoms with E-state index in [1.165, 1.54) is 13.0 Å². The lowest BCUT2D eigenvalue weighted by Crippen LogP contribution is -2.47. The lowest BCUT2D eigenvalue weighted by Gasteiger charge is -2.35. The van der Waals surface area contributed by atoms with Gasteiger partial charge in [0.15, 0.2) is 0 Å². The molecule has 0 bridgehead atoms. The second-order valence-corrected chi connectivity index (χ2v) is 6.65. The van der Waals surface area contributed by atoms with Gasteiger partial charge in [-0.1, -0.05) is 6.07 Å². The summed E-state index contributed by atoms with van der Waals surface area (Å²) in [5, 5.41) is 2.59. The minimum Gasteiger partial charge on any atom is -0.453 e. The number of nitrogens with zero attached hydrogens (tertiary/aromatic N) is 2. The van der Waals surface area contributed by atoms with Crippen LogP contribution in [-0.4, -0.2) is 68.8 Å². The zero-order chi connectivity index (χ0) is 19.4. The van der Waals surface area contributed by atoms with Crippen LogP contribution in [0, 0.1) is 5.82 Å². The van der Waals surface area contributed by atoms with Gasteiger partial charge < -0.3 is 15.0 Å². The minimum atomic E-state index is -0.553. The van der Waals surface area contributed by atoms with E-state index in [9.17, 15) is 18.4 Å². The molecule has 1 fully saturated rings. The molecule has 1 N–H and O–H groups in total. The molecule has 3 rings (SSSR count). The van der Waals surface area contributed by atoms with Crippen molar-refractivity contribution in [2.24, 2.45) is 0 Å². The fourth-order valence-corrected chi connectivity index (χ4v) is 3.31. The van der Waals surface area contributed by atoms with Gasteiger partial charge in [0.2, 0.25) is 5.91 Å². The van der Waals surface area contributed by atoms with E-state index in [1.807, 2.05) is 9.80 Å². The Morgan fingerprint density at radius 3 is 2.67 bits per heavy atom. The number of esters is 1. The third-order valence-corrected chi connectivity index (χ3v) is 4.76. The van der Waals surface area contributed by atoms with Gasteiger partial charge in [-0.15, -0.1) is 0 Å². The number of nitrogens with one attached hydrogen (secondary N) is 1. The van der Waals surface area contributed by atoms with E-state index in [4.69, 9.17) is 4.74 Å². The number of ether oxygens (including phenoxy) is 1. The number of halogens is 2. The molecular formula is C19H23F2N3O3. The molecule has 0 aromatic heterocycles. The zero-order valence-electron chi connectivity index (χ0n) is 15.2. The molecular weight excluding hydrogens is 356 g/mol. The lowest BCUT2D eigenvalue weighted by molar-refractivity contribution is -0.138. The average Bonchev–Trinajstić information content (AvgIpc) is 3.02. The summed E-state index contributed by atoms with van der Waals surface area (Å²) in [6.45, 7) is 4.23. The number of hydrogen-bond acceptors (Lipinski definition) is 5. The Balaban J connectivity index is 1.69. The molecule has 0 spiro atoms. The van der Waals surface area contributed by atoms with Crippen LogP contribution in [0.4, 0.5) is 14.5 Å². The van der Waals surface area contributed by atoms with Crippen LogP contribution >= 0.6 is 0 Å². The topological polar surface area (TPSA) is 61.9 Å². The molecule has 1 aromatic rings. The van der Waals surface area contributed by atoms with Gasteiger partial charge in [0, 0.05) is 39.6 Å². The molecule has 2 aliphatic heterocycles. The lowest BCUT2D eigenvalue weighted by atomic mass is 10.0. The highest BCUT2D eigenvalue weighted by molar-refractivity contribution is 6.18. The third kappa shape index (κ3) is 4.63. The molecule has 1 saturated heterocycles. The average molecular weight is 379 g/mol.